The van der Waals surface area contributed by atoms with Gasteiger partial charge in [-0.15, -0.1) is 12.4 Å². The van der Waals surface area contributed by atoms with Crippen molar-refractivity contribution in [1.29, 1.82) is 0 Å². The van der Waals surface area contributed by atoms with E-state index in [2.05, 4.69) is 10.6 Å². The molecule has 8 heteroatoms. The summed E-state index contributed by atoms with van der Waals surface area (Å²) < 4.78 is 16.0. The number of nitrogens with one attached hydrogen (secondary N) is 2. The zero-order valence-electron chi connectivity index (χ0n) is 15.3. The molecule has 2 N–H and O–H groups in total. The Kier molecular flexibility index (Phi) is 7.65. The van der Waals surface area contributed by atoms with E-state index in [-0.39, 0.29) is 30.3 Å². The average Bonchev–Trinajstić information content (AvgIpc) is 2.65. The SMILES string of the molecule is COCC1(CNC(=O)COc2ccc3ccc(=O)oc3c2)CCNCC1.Cl. The maximum absolute atomic E-state index is 12.2. The fraction of sp³-hybridized carbons (Fsp3) is 0.474. The van der Waals surface area contributed by atoms with Crippen LogP contribution < -0.4 is 21.0 Å². The van der Waals surface area contributed by atoms with Gasteiger partial charge in [-0.2, -0.15) is 0 Å². The van der Waals surface area contributed by atoms with Gasteiger partial charge >= 0.3 is 5.63 Å². The monoisotopic (exact) mass is 396 g/mol. The zero-order chi connectivity index (χ0) is 18.4. The smallest absolute Gasteiger partial charge is 0.336 e. The van der Waals surface area contributed by atoms with Crippen LogP contribution in [0.4, 0.5) is 0 Å². The average molecular weight is 397 g/mol. The lowest BCUT2D eigenvalue weighted by atomic mass is 9.79. The molecular weight excluding hydrogens is 372 g/mol. The highest BCUT2D eigenvalue weighted by Gasteiger charge is 2.32. The van der Waals surface area contributed by atoms with E-state index in [1.165, 1.54) is 6.07 Å². The minimum atomic E-state index is -0.419. The second kappa shape index (κ2) is 9.73. The molecule has 0 radical (unpaired) electrons. The number of hydrogen-bond acceptors (Lipinski definition) is 6. The molecule has 1 aromatic heterocycles. The van der Waals surface area contributed by atoms with Crippen LogP contribution in [0.25, 0.3) is 11.0 Å². The van der Waals surface area contributed by atoms with Crippen LogP contribution in [0.15, 0.2) is 39.5 Å². The first-order chi connectivity index (χ1) is 12.6. The van der Waals surface area contributed by atoms with E-state index in [0.29, 0.717) is 24.5 Å². The number of hydrogen-bond donors (Lipinski definition) is 2. The third kappa shape index (κ3) is 5.69. The van der Waals surface area contributed by atoms with Gasteiger partial charge < -0.3 is 24.5 Å². The molecule has 2 aromatic rings. The van der Waals surface area contributed by atoms with Crippen LogP contribution in [-0.4, -0.2) is 45.9 Å². The summed E-state index contributed by atoms with van der Waals surface area (Å²) >= 11 is 0. The first kappa shape index (κ1) is 21.2. The summed E-state index contributed by atoms with van der Waals surface area (Å²) in [6.45, 7) is 2.96. The molecule has 0 bridgehead atoms. The Bertz CT molecular complexity index is 812. The molecule has 2 heterocycles. The Morgan fingerprint density at radius 1 is 1.26 bits per heavy atom. The normalized spacial score (nSPS) is 15.7. The highest BCUT2D eigenvalue weighted by atomic mass is 35.5. The Morgan fingerprint density at radius 2 is 2.00 bits per heavy atom. The van der Waals surface area contributed by atoms with E-state index >= 15 is 0 Å². The number of amides is 1. The summed E-state index contributed by atoms with van der Waals surface area (Å²) in [5.41, 5.74) is -0.0101. The van der Waals surface area contributed by atoms with E-state index in [0.717, 1.165) is 31.3 Å². The van der Waals surface area contributed by atoms with Crippen LogP contribution in [0.2, 0.25) is 0 Å². The Hall–Kier alpha value is -2.09. The van der Waals surface area contributed by atoms with Gasteiger partial charge in [0.2, 0.25) is 0 Å². The van der Waals surface area contributed by atoms with E-state index in [1.807, 2.05) is 0 Å². The number of fused-ring (bicyclic) bond motifs is 1. The van der Waals surface area contributed by atoms with Crippen LogP contribution in [0, 0.1) is 5.41 Å². The van der Waals surface area contributed by atoms with Crippen molar-refractivity contribution < 1.29 is 18.7 Å². The van der Waals surface area contributed by atoms with Crippen molar-refractivity contribution in [2.75, 3.05) is 40.0 Å². The van der Waals surface area contributed by atoms with Gasteiger partial charge in [0.15, 0.2) is 6.61 Å². The fourth-order valence-electron chi connectivity index (χ4n) is 3.25. The molecule has 0 atom stereocenters. The molecule has 7 nitrogen and oxygen atoms in total. The Morgan fingerprint density at radius 3 is 2.74 bits per heavy atom. The van der Waals surface area contributed by atoms with Crippen LogP contribution in [0.3, 0.4) is 0 Å². The highest BCUT2D eigenvalue weighted by molar-refractivity contribution is 5.85. The van der Waals surface area contributed by atoms with Crippen LogP contribution >= 0.6 is 12.4 Å². The number of piperidine rings is 1. The Balaban J connectivity index is 0.00000261. The lowest BCUT2D eigenvalue weighted by Crippen LogP contribution is -2.47. The minimum Gasteiger partial charge on any atom is -0.484 e. The minimum absolute atomic E-state index is 0. The molecular formula is C19H25ClN2O5. The van der Waals surface area contributed by atoms with E-state index < -0.39 is 5.63 Å². The summed E-state index contributed by atoms with van der Waals surface area (Å²) in [5, 5.41) is 7.08. The van der Waals surface area contributed by atoms with Crippen molar-refractivity contribution in [2.45, 2.75) is 12.8 Å². The summed E-state index contributed by atoms with van der Waals surface area (Å²) in [7, 11) is 1.69. The first-order valence-corrected chi connectivity index (χ1v) is 8.73. The second-order valence-corrected chi connectivity index (χ2v) is 6.70. The quantitative estimate of drug-likeness (QED) is 0.693. The zero-order valence-corrected chi connectivity index (χ0v) is 16.1. The molecule has 0 spiro atoms. The van der Waals surface area contributed by atoms with Crippen molar-refractivity contribution in [3.05, 3.63) is 40.8 Å². The van der Waals surface area contributed by atoms with Gasteiger partial charge in [-0.3, -0.25) is 4.79 Å². The van der Waals surface area contributed by atoms with Crippen LogP contribution in [0.1, 0.15) is 12.8 Å². The molecule has 1 fully saturated rings. The molecule has 1 aliphatic heterocycles. The van der Waals surface area contributed by atoms with E-state index in [4.69, 9.17) is 13.9 Å². The van der Waals surface area contributed by atoms with Crippen molar-refractivity contribution in [1.82, 2.24) is 10.6 Å². The first-order valence-electron chi connectivity index (χ1n) is 8.73. The third-order valence-electron chi connectivity index (χ3n) is 4.74. The van der Waals surface area contributed by atoms with E-state index in [9.17, 15) is 9.59 Å². The number of methoxy groups -OCH3 is 1. The third-order valence-corrected chi connectivity index (χ3v) is 4.74. The van der Waals surface area contributed by atoms with Crippen molar-refractivity contribution in [3.8, 4) is 5.75 Å². The maximum Gasteiger partial charge on any atom is 0.336 e. The number of benzene rings is 1. The fourth-order valence-corrected chi connectivity index (χ4v) is 3.25. The Labute approximate surface area is 163 Å². The van der Waals surface area contributed by atoms with Crippen LogP contribution in [0.5, 0.6) is 5.75 Å². The molecule has 0 saturated carbocycles. The standard InChI is InChI=1S/C19H24N2O5.ClH/c1-24-13-19(6-8-20-9-7-19)12-21-17(22)11-25-15-4-2-14-3-5-18(23)26-16(14)10-15;/h2-5,10,20H,6-9,11-13H2,1H3,(H,21,22);1H. The van der Waals surface area contributed by atoms with E-state index in [1.54, 1.807) is 31.4 Å². The summed E-state index contributed by atoms with van der Waals surface area (Å²) in [4.78, 5) is 23.5. The van der Waals surface area contributed by atoms with Gasteiger partial charge in [0, 0.05) is 36.6 Å². The number of halogens is 1. The van der Waals surface area contributed by atoms with Crippen molar-refractivity contribution in [2.24, 2.45) is 5.41 Å². The molecule has 1 saturated heterocycles. The molecule has 148 valence electrons. The van der Waals surface area contributed by atoms with Gasteiger partial charge in [0.25, 0.3) is 5.91 Å². The summed E-state index contributed by atoms with van der Waals surface area (Å²) in [6, 6.07) is 8.20. The van der Waals surface area contributed by atoms with Crippen molar-refractivity contribution >= 4 is 29.3 Å². The summed E-state index contributed by atoms with van der Waals surface area (Å²) in [5.74, 6) is 0.295. The topological polar surface area (TPSA) is 89.8 Å². The van der Waals surface area contributed by atoms with Gasteiger partial charge in [0.05, 0.1) is 6.61 Å². The molecule has 3 rings (SSSR count). The molecule has 27 heavy (non-hydrogen) atoms. The van der Waals surface area contributed by atoms with Crippen molar-refractivity contribution in [3.63, 3.8) is 0 Å². The maximum atomic E-state index is 12.2. The molecule has 1 aromatic carbocycles. The highest BCUT2D eigenvalue weighted by Crippen LogP contribution is 2.28. The number of carbonyl (C=O) groups excluding carboxylic acids is 1. The molecule has 1 aliphatic rings. The van der Waals surface area contributed by atoms with Crippen LogP contribution in [-0.2, 0) is 9.53 Å². The van der Waals surface area contributed by atoms with Gasteiger partial charge in [0.1, 0.15) is 11.3 Å². The van der Waals surface area contributed by atoms with Gasteiger partial charge in [-0.05, 0) is 44.1 Å². The molecule has 1 amide bonds. The number of rotatable bonds is 7. The van der Waals surface area contributed by atoms with Gasteiger partial charge in [-0.1, -0.05) is 0 Å². The lowest BCUT2D eigenvalue weighted by Gasteiger charge is -2.37. The predicted molar refractivity (Wildman–Crippen MR) is 105 cm³/mol. The predicted octanol–water partition coefficient (Wildman–Crippen LogP) is 1.73. The lowest BCUT2D eigenvalue weighted by molar-refractivity contribution is -0.124. The van der Waals surface area contributed by atoms with Gasteiger partial charge in [-0.25, -0.2) is 4.79 Å². The number of ether oxygens (including phenoxy) is 2. The molecule has 0 aliphatic carbocycles. The second-order valence-electron chi connectivity index (χ2n) is 6.70. The molecule has 0 unspecified atom stereocenters. The summed E-state index contributed by atoms with van der Waals surface area (Å²) in [6.07, 6.45) is 1.93. The largest absolute Gasteiger partial charge is 0.484 e. The number of carbonyl (C=O) groups is 1.